The number of sulfone groups is 2. The van der Waals surface area contributed by atoms with Crippen LogP contribution < -0.4 is 5.73 Å². The minimum Gasteiger partial charge on any atom is -0.379 e. The van der Waals surface area contributed by atoms with Crippen molar-refractivity contribution in [3.05, 3.63) is 0 Å². The second-order valence-electron chi connectivity index (χ2n) is 4.47. The normalized spacial score (nSPS) is 15.7. The Morgan fingerprint density at radius 3 is 1.75 bits per heavy atom. The van der Waals surface area contributed by atoms with Gasteiger partial charge < -0.3 is 10.5 Å². The molecular weight excluding hydrogens is 412 g/mol. The number of halogens is 6. The largest absolute Gasteiger partial charge is 0.498 e. The second-order valence-corrected chi connectivity index (χ2v) is 10.0. The topological polar surface area (TPSA) is 104 Å². The molecule has 0 aromatic heterocycles. The number of hydrogen-bond acceptors (Lipinski definition) is 7. The molecule has 0 saturated heterocycles. The Bertz CT molecular complexity index is 556. The predicted molar refractivity (Wildman–Crippen MR) is 75.5 cm³/mol. The lowest BCUT2D eigenvalue weighted by molar-refractivity contribution is -0.0474. The zero-order chi connectivity index (χ0) is 19.4. The molecule has 15 heteroatoms. The van der Waals surface area contributed by atoms with E-state index >= 15 is 0 Å². The molecule has 0 aliphatic carbocycles. The van der Waals surface area contributed by atoms with E-state index in [1.54, 1.807) is 6.26 Å². The van der Waals surface area contributed by atoms with Crippen LogP contribution in [0.5, 0.6) is 0 Å². The third kappa shape index (κ3) is 5.93. The Hall–Kier alpha value is -0.250. The number of ether oxygens (including phenoxy) is 1. The van der Waals surface area contributed by atoms with Gasteiger partial charge in [-0.2, -0.15) is 38.1 Å². The number of rotatable bonds is 9. The number of nitrogens with two attached hydrogens (primary N) is 1. The minimum atomic E-state index is -6.66. The molecule has 0 aliphatic rings. The molecule has 0 fully saturated rings. The highest BCUT2D eigenvalue weighted by molar-refractivity contribution is 8.09. The highest BCUT2D eigenvalue weighted by Gasteiger charge is 2.62. The van der Waals surface area contributed by atoms with Gasteiger partial charge in [0.05, 0.1) is 13.2 Å². The summed E-state index contributed by atoms with van der Waals surface area (Å²) in [5.41, 5.74) is -7.13. The zero-order valence-corrected chi connectivity index (χ0v) is 14.5. The third-order valence-corrected chi connectivity index (χ3v) is 7.75. The van der Waals surface area contributed by atoms with Gasteiger partial charge in [0.2, 0.25) is 0 Å². The van der Waals surface area contributed by atoms with Crippen molar-refractivity contribution in [2.75, 3.05) is 25.2 Å². The van der Waals surface area contributed by atoms with Gasteiger partial charge in [-0.1, -0.05) is 0 Å². The first-order chi connectivity index (χ1) is 10.6. The Labute approximate surface area is 138 Å². The van der Waals surface area contributed by atoms with Crippen LogP contribution in [0.4, 0.5) is 26.3 Å². The summed E-state index contributed by atoms with van der Waals surface area (Å²) >= 11 is 1.33. The number of thioether (sulfide) groups is 1. The van der Waals surface area contributed by atoms with Crippen LogP contribution in [0.2, 0.25) is 0 Å². The molecule has 0 aliphatic heterocycles. The molecule has 0 bridgehead atoms. The Morgan fingerprint density at radius 1 is 1.00 bits per heavy atom. The average molecular weight is 427 g/mol. The number of hydrogen-bond donors (Lipinski definition) is 1. The van der Waals surface area contributed by atoms with Gasteiger partial charge in [-0.3, -0.25) is 0 Å². The van der Waals surface area contributed by atoms with E-state index in [1.165, 1.54) is 11.8 Å². The lowest BCUT2D eigenvalue weighted by Crippen LogP contribution is -2.48. The van der Waals surface area contributed by atoms with E-state index in [4.69, 9.17) is 10.5 Å². The first kappa shape index (κ1) is 23.8. The smallest absolute Gasteiger partial charge is 0.379 e. The quantitative estimate of drug-likeness (QED) is 0.437. The van der Waals surface area contributed by atoms with Crippen LogP contribution in [-0.4, -0.2) is 63.7 Å². The lowest BCUT2D eigenvalue weighted by Gasteiger charge is -2.23. The van der Waals surface area contributed by atoms with Crippen LogP contribution >= 0.6 is 11.8 Å². The molecule has 146 valence electrons. The van der Waals surface area contributed by atoms with Crippen molar-refractivity contribution in [2.45, 2.75) is 28.1 Å². The van der Waals surface area contributed by atoms with E-state index in [1.807, 2.05) is 0 Å². The van der Waals surface area contributed by atoms with Crippen molar-refractivity contribution in [2.24, 2.45) is 5.73 Å². The molecule has 24 heavy (non-hydrogen) atoms. The second kappa shape index (κ2) is 8.42. The highest BCUT2D eigenvalue weighted by Crippen LogP contribution is 2.37. The third-order valence-electron chi connectivity index (χ3n) is 2.60. The van der Waals surface area contributed by atoms with Crippen LogP contribution in [0, 0.1) is 0 Å². The first-order valence-corrected chi connectivity index (χ1v) is 10.5. The maximum atomic E-state index is 12.5. The van der Waals surface area contributed by atoms with Crippen molar-refractivity contribution in [3.63, 3.8) is 0 Å². The summed E-state index contributed by atoms with van der Waals surface area (Å²) in [5.74, 6) is 0.442. The van der Waals surface area contributed by atoms with Gasteiger partial charge in [-0.05, 0) is 12.7 Å². The number of alkyl halides is 6. The summed E-state index contributed by atoms with van der Waals surface area (Å²) in [6.45, 7) is -0.546. The monoisotopic (exact) mass is 427 g/mol. The fourth-order valence-corrected chi connectivity index (χ4v) is 5.28. The molecule has 0 saturated carbocycles. The van der Waals surface area contributed by atoms with Crippen molar-refractivity contribution in [3.8, 4) is 0 Å². The van der Waals surface area contributed by atoms with E-state index in [0.717, 1.165) is 0 Å². The van der Waals surface area contributed by atoms with Crippen LogP contribution in [0.25, 0.3) is 0 Å². The van der Waals surface area contributed by atoms with Crippen molar-refractivity contribution in [1.82, 2.24) is 0 Å². The SMILES string of the molecule is CSCCOCC(N)CC(S(=O)(=O)C(F)(F)F)S(=O)(=O)C(F)(F)F. The van der Waals surface area contributed by atoms with E-state index in [2.05, 4.69) is 0 Å². The summed E-state index contributed by atoms with van der Waals surface area (Å²) in [6.07, 6.45) is 0.0914. The van der Waals surface area contributed by atoms with E-state index < -0.39 is 54.3 Å². The van der Waals surface area contributed by atoms with Gasteiger partial charge >= 0.3 is 11.0 Å². The summed E-state index contributed by atoms with van der Waals surface area (Å²) in [6, 6.07) is -1.66. The van der Waals surface area contributed by atoms with Gasteiger partial charge in [-0.15, -0.1) is 0 Å². The molecule has 1 unspecified atom stereocenters. The van der Waals surface area contributed by atoms with Gasteiger partial charge in [0.15, 0.2) is 4.58 Å². The fraction of sp³-hybridized carbons (Fsp3) is 1.00. The Kier molecular flexibility index (Phi) is 8.33. The van der Waals surface area contributed by atoms with Crippen LogP contribution in [0.1, 0.15) is 6.42 Å². The van der Waals surface area contributed by atoms with Crippen molar-refractivity contribution >= 4 is 31.4 Å². The maximum absolute atomic E-state index is 12.5. The molecule has 0 spiro atoms. The molecule has 0 radical (unpaired) electrons. The van der Waals surface area contributed by atoms with E-state index in [-0.39, 0.29) is 6.61 Å². The Balaban J connectivity index is 5.55. The molecule has 1 atom stereocenters. The van der Waals surface area contributed by atoms with Gasteiger partial charge in [0.25, 0.3) is 19.7 Å². The van der Waals surface area contributed by atoms with Gasteiger partial charge in [-0.25, -0.2) is 16.8 Å². The molecule has 0 heterocycles. The highest BCUT2D eigenvalue weighted by atomic mass is 32.3. The van der Waals surface area contributed by atoms with E-state index in [9.17, 15) is 43.2 Å². The van der Waals surface area contributed by atoms with E-state index in [0.29, 0.717) is 5.75 Å². The summed E-state index contributed by atoms with van der Waals surface area (Å²) in [4.78, 5) is 0. The summed E-state index contributed by atoms with van der Waals surface area (Å²) in [5, 5.41) is 0. The lowest BCUT2D eigenvalue weighted by atomic mass is 10.2. The Morgan fingerprint density at radius 2 is 1.42 bits per heavy atom. The van der Waals surface area contributed by atoms with Gasteiger partial charge in [0.1, 0.15) is 0 Å². The summed E-state index contributed by atoms with van der Waals surface area (Å²) < 4.78 is 121. The fourth-order valence-electron chi connectivity index (χ4n) is 1.41. The molecule has 0 amide bonds. The standard InChI is InChI=1S/C9H15F6NO5S3/c1-22-3-2-21-5-6(16)4-7(23(17,18)8(10,11)12)24(19,20)9(13,14)15/h6-7H,2-5,16H2,1H3. The molecule has 0 aromatic rings. The van der Waals surface area contributed by atoms with Crippen LogP contribution in [0.3, 0.4) is 0 Å². The predicted octanol–water partition coefficient (Wildman–Crippen LogP) is 1.28. The molecule has 6 nitrogen and oxygen atoms in total. The van der Waals surface area contributed by atoms with Crippen LogP contribution in [0.15, 0.2) is 0 Å². The van der Waals surface area contributed by atoms with Gasteiger partial charge in [0, 0.05) is 11.8 Å². The average Bonchev–Trinajstić information content (AvgIpc) is 2.38. The molecular formula is C9H15F6NO5S3. The molecule has 0 aromatic carbocycles. The minimum absolute atomic E-state index is 0.0531. The van der Waals surface area contributed by atoms with Crippen LogP contribution in [-0.2, 0) is 24.4 Å². The molecule has 2 N–H and O–H groups in total. The first-order valence-electron chi connectivity index (χ1n) is 6.01. The van der Waals surface area contributed by atoms with Crippen molar-refractivity contribution in [1.29, 1.82) is 0 Å². The maximum Gasteiger partial charge on any atom is 0.498 e. The van der Waals surface area contributed by atoms with Crippen molar-refractivity contribution < 1.29 is 47.9 Å². The summed E-state index contributed by atoms with van der Waals surface area (Å²) in [7, 11) is -13.3. The zero-order valence-electron chi connectivity index (χ0n) is 12.1. The molecule has 0 rings (SSSR count).